The van der Waals surface area contributed by atoms with E-state index in [1.54, 1.807) is 12.1 Å². The van der Waals surface area contributed by atoms with Crippen molar-refractivity contribution in [2.75, 3.05) is 11.5 Å². The molecule has 0 heterocycles. The van der Waals surface area contributed by atoms with Gasteiger partial charge in [0.1, 0.15) is 0 Å². The fraction of sp³-hybridized carbons (Fsp3) is 0.250. The van der Waals surface area contributed by atoms with Gasteiger partial charge in [-0.05, 0) is 18.2 Å². The van der Waals surface area contributed by atoms with Crippen molar-refractivity contribution < 1.29 is 0 Å². The average Bonchev–Trinajstić information content (AvgIpc) is 2.02. The largest absolute Gasteiger partial charge is 0.397 e. The molecule has 62 valence electrons. The van der Waals surface area contributed by atoms with Crippen molar-refractivity contribution in [3.8, 4) is 0 Å². The number of halogens is 1. The van der Waals surface area contributed by atoms with Gasteiger partial charge in [0, 0.05) is 4.47 Å². The number of nitrogen functional groups attached to an aromatic ring is 2. The van der Waals surface area contributed by atoms with Gasteiger partial charge in [-0.1, -0.05) is 29.8 Å². The molecule has 0 fully saturated rings. The van der Waals surface area contributed by atoms with Crippen LogP contribution in [-0.2, 0) is 0 Å². The van der Waals surface area contributed by atoms with Gasteiger partial charge in [0.2, 0.25) is 0 Å². The zero-order valence-electron chi connectivity index (χ0n) is 6.76. The van der Waals surface area contributed by atoms with E-state index in [-0.39, 0.29) is 0 Å². The zero-order chi connectivity index (χ0) is 8.85. The molecule has 0 aliphatic rings. The van der Waals surface area contributed by atoms with Crippen molar-refractivity contribution >= 4 is 27.3 Å². The van der Waals surface area contributed by atoms with Gasteiger partial charge in [0.15, 0.2) is 0 Å². The summed E-state index contributed by atoms with van der Waals surface area (Å²) in [6.07, 6.45) is 0. The highest BCUT2D eigenvalue weighted by molar-refractivity contribution is 9.10. The molecule has 0 saturated carbocycles. The lowest BCUT2D eigenvalue weighted by atomic mass is 10.3. The van der Waals surface area contributed by atoms with Crippen LogP contribution in [-0.4, -0.2) is 0 Å². The van der Waals surface area contributed by atoms with Gasteiger partial charge in [-0.25, -0.2) is 0 Å². The van der Waals surface area contributed by atoms with Crippen LogP contribution in [0.3, 0.4) is 0 Å². The number of anilines is 2. The zero-order valence-corrected chi connectivity index (χ0v) is 8.35. The number of hydrogen-bond acceptors (Lipinski definition) is 2. The van der Waals surface area contributed by atoms with E-state index in [1.165, 1.54) is 0 Å². The minimum atomic E-state index is 0.615. The standard InChI is InChI=1S/C6H7BrN2.C2H6/c7-4-1-2-5(8)6(9)3-4;1-2/h1-3H,8-9H2;1-2H3. The molecule has 4 N–H and O–H groups in total. The Morgan fingerprint density at radius 3 is 2.00 bits per heavy atom. The Hall–Kier alpha value is -0.700. The summed E-state index contributed by atoms with van der Waals surface area (Å²) in [7, 11) is 0. The second kappa shape index (κ2) is 5.02. The first-order valence-corrected chi connectivity index (χ1v) is 4.30. The van der Waals surface area contributed by atoms with Gasteiger partial charge in [-0.3, -0.25) is 0 Å². The molecule has 1 aromatic rings. The van der Waals surface area contributed by atoms with Crippen LogP contribution in [0.1, 0.15) is 13.8 Å². The van der Waals surface area contributed by atoms with Crippen LogP contribution in [0.25, 0.3) is 0 Å². The van der Waals surface area contributed by atoms with Crippen molar-refractivity contribution in [1.29, 1.82) is 0 Å². The Labute approximate surface area is 75.7 Å². The van der Waals surface area contributed by atoms with Gasteiger partial charge in [-0.15, -0.1) is 0 Å². The lowest BCUT2D eigenvalue weighted by Gasteiger charge is -1.97. The number of nitrogens with two attached hydrogens (primary N) is 2. The molecule has 0 bridgehead atoms. The van der Waals surface area contributed by atoms with E-state index in [9.17, 15) is 0 Å². The highest BCUT2D eigenvalue weighted by Gasteiger charge is 1.91. The third-order valence-corrected chi connectivity index (χ3v) is 1.54. The summed E-state index contributed by atoms with van der Waals surface area (Å²) < 4.78 is 0.953. The quantitative estimate of drug-likeness (QED) is 0.656. The van der Waals surface area contributed by atoms with Gasteiger partial charge in [0.05, 0.1) is 11.4 Å². The summed E-state index contributed by atoms with van der Waals surface area (Å²) in [5.41, 5.74) is 12.1. The molecule has 0 aliphatic heterocycles. The van der Waals surface area contributed by atoms with E-state index < -0.39 is 0 Å². The van der Waals surface area contributed by atoms with Crippen LogP contribution in [0, 0.1) is 0 Å². The van der Waals surface area contributed by atoms with E-state index >= 15 is 0 Å². The van der Waals surface area contributed by atoms with E-state index in [0.29, 0.717) is 11.4 Å². The second-order valence-electron chi connectivity index (χ2n) is 1.77. The van der Waals surface area contributed by atoms with Gasteiger partial charge in [0.25, 0.3) is 0 Å². The smallest absolute Gasteiger partial charge is 0.0559 e. The SMILES string of the molecule is CC.Nc1ccc(Br)cc1N. The summed E-state index contributed by atoms with van der Waals surface area (Å²) in [5, 5.41) is 0. The minimum absolute atomic E-state index is 0.615. The molecule has 0 atom stereocenters. The van der Waals surface area contributed by atoms with Crippen LogP contribution < -0.4 is 11.5 Å². The number of hydrogen-bond donors (Lipinski definition) is 2. The molecule has 3 heteroatoms. The van der Waals surface area contributed by atoms with Gasteiger partial charge >= 0.3 is 0 Å². The molecule has 11 heavy (non-hydrogen) atoms. The molecule has 1 rings (SSSR count). The molecule has 0 aromatic heterocycles. The first-order valence-electron chi connectivity index (χ1n) is 3.50. The molecule has 0 saturated heterocycles. The Kier molecular flexibility index (Phi) is 4.70. The molecule has 0 aliphatic carbocycles. The predicted octanol–water partition coefficient (Wildman–Crippen LogP) is 2.64. The van der Waals surface area contributed by atoms with E-state index in [2.05, 4.69) is 15.9 Å². The molecule has 0 unspecified atom stereocenters. The normalized spacial score (nSPS) is 8.27. The van der Waals surface area contributed by atoms with Crippen LogP contribution in [0.15, 0.2) is 22.7 Å². The minimum Gasteiger partial charge on any atom is -0.397 e. The molecular weight excluding hydrogens is 204 g/mol. The maximum Gasteiger partial charge on any atom is 0.0559 e. The van der Waals surface area contributed by atoms with Gasteiger partial charge in [-0.2, -0.15) is 0 Å². The van der Waals surface area contributed by atoms with Crippen molar-refractivity contribution in [2.24, 2.45) is 0 Å². The molecule has 1 aromatic carbocycles. The Morgan fingerprint density at radius 1 is 1.09 bits per heavy atom. The topological polar surface area (TPSA) is 52.0 Å². The van der Waals surface area contributed by atoms with Crippen molar-refractivity contribution in [3.05, 3.63) is 22.7 Å². The molecule has 2 nitrogen and oxygen atoms in total. The molecule has 0 radical (unpaired) electrons. The van der Waals surface area contributed by atoms with Crippen molar-refractivity contribution in [2.45, 2.75) is 13.8 Å². The summed E-state index contributed by atoms with van der Waals surface area (Å²) in [6, 6.07) is 5.39. The number of rotatable bonds is 0. The van der Waals surface area contributed by atoms with Crippen LogP contribution in [0.5, 0.6) is 0 Å². The summed E-state index contributed by atoms with van der Waals surface area (Å²) in [6.45, 7) is 4.00. The van der Waals surface area contributed by atoms with Crippen molar-refractivity contribution in [3.63, 3.8) is 0 Å². The maximum atomic E-state index is 5.47. The van der Waals surface area contributed by atoms with E-state index in [0.717, 1.165) is 4.47 Å². The van der Waals surface area contributed by atoms with Gasteiger partial charge < -0.3 is 11.5 Å². The van der Waals surface area contributed by atoms with Crippen LogP contribution in [0.2, 0.25) is 0 Å². The van der Waals surface area contributed by atoms with Crippen molar-refractivity contribution in [1.82, 2.24) is 0 Å². The monoisotopic (exact) mass is 216 g/mol. The lowest BCUT2D eigenvalue weighted by Crippen LogP contribution is -1.92. The fourth-order valence-electron chi connectivity index (χ4n) is 0.546. The summed E-state index contributed by atoms with van der Waals surface area (Å²) in [4.78, 5) is 0. The number of benzene rings is 1. The molecular formula is C8H13BrN2. The molecule has 0 amide bonds. The van der Waals surface area contributed by atoms with Crippen LogP contribution in [0.4, 0.5) is 11.4 Å². The van der Waals surface area contributed by atoms with E-state index in [4.69, 9.17) is 11.5 Å². The first-order chi connectivity index (χ1) is 5.20. The third-order valence-electron chi connectivity index (χ3n) is 1.05. The summed E-state index contributed by atoms with van der Waals surface area (Å²) in [5.74, 6) is 0. The summed E-state index contributed by atoms with van der Waals surface area (Å²) >= 11 is 3.26. The predicted molar refractivity (Wildman–Crippen MR) is 54.3 cm³/mol. The lowest BCUT2D eigenvalue weighted by molar-refractivity contribution is 1.50. The highest BCUT2D eigenvalue weighted by Crippen LogP contribution is 2.19. The fourth-order valence-corrected chi connectivity index (χ4v) is 0.924. The van der Waals surface area contributed by atoms with Crippen LogP contribution >= 0.6 is 15.9 Å². The average molecular weight is 217 g/mol. The maximum absolute atomic E-state index is 5.47. The Morgan fingerprint density at radius 2 is 1.64 bits per heavy atom. The Bertz CT molecular complexity index is 223. The Balaban J connectivity index is 0.000000461. The molecule has 0 spiro atoms. The highest BCUT2D eigenvalue weighted by atomic mass is 79.9. The van der Waals surface area contributed by atoms with E-state index in [1.807, 2.05) is 19.9 Å². The second-order valence-corrected chi connectivity index (χ2v) is 2.69. The first kappa shape index (κ1) is 10.3. The third kappa shape index (κ3) is 3.28.